The zero-order valence-electron chi connectivity index (χ0n) is 15.2. The number of aliphatic hydroxyl groups is 1. The third kappa shape index (κ3) is 5.22. The molecule has 0 bridgehead atoms. The van der Waals surface area contributed by atoms with Crippen LogP contribution in [0.4, 0.5) is 4.79 Å². The second-order valence-electron chi connectivity index (χ2n) is 6.11. The number of amides is 2. The lowest BCUT2D eigenvalue weighted by molar-refractivity contribution is 0.0598. The van der Waals surface area contributed by atoms with Crippen molar-refractivity contribution in [2.24, 2.45) is 0 Å². The van der Waals surface area contributed by atoms with Crippen molar-refractivity contribution in [3.63, 3.8) is 0 Å². The maximum absolute atomic E-state index is 11.9. The molecule has 1 aromatic carbocycles. The van der Waals surface area contributed by atoms with Gasteiger partial charge in [-0.3, -0.25) is 0 Å². The van der Waals surface area contributed by atoms with E-state index in [2.05, 4.69) is 45.3 Å². The first-order valence-corrected chi connectivity index (χ1v) is 8.04. The van der Waals surface area contributed by atoms with Gasteiger partial charge >= 0.3 is 6.03 Å². The molecular formula is C18H30N2O3. The fourth-order valence-corrected chi connectivity index (χ4v) is 2.70. The number of rotatable bonds is 7. The van der Waals surface area contributed by atoms with Crippen LogP contribution in [0.2, 0.25) is 0 Å². The summed E-state index contributed by atoms with van der Waals surface area (Å²) < 4.78 is 4.85. The number of carbonyl (C=O) groups excluding carboxylic acids is 1. The third-order valence-corrected chi connectivity index (χ3v) is 4.70. The monoisotopic (exact) mass is 322 g/mol. The lowest BCUT2D eigenvalue weighted by Gasteiger charge is -2.19. The zero-order chi connectivity index (χ0) is 17.6. The van der Waals surface area contributed by atoms with Crippen LogP contribution < -0.4 is 10.6 Å². The van der Waals surface area contributed by atoms with Crippen molar-refractivity contribution in [3.8, 4) is 0 Å². The number of ether oxygens (including phenoxy) is 1. The molecule has 0 spiro atoms. The van der Waals surface area contributed by atoms with Crippen LogP contribution in [-0.4, -0.2) is 37.5 Å². The van der Waals surface area contributed by atoms with Crippen molar-refractivity contribution in [2.75, 3.05) is 20.3 Å². The normalized spacial score (nSPS) is 12.1. The molecule has 2 amide bonds. The SMILES string of the molecule is COCC(O)CCNC(=O)NCc1c(C)c(C)c(C)c(C)c1C. The highest BCUT2D eigenvalue weighted by molar-refractivity contribution is 5.74. The Hall–Kier alpha value is -1.59. The molecule has 0 aliphatic rings. The molecule has 0 heterocycles. The number of carbonyl (C=O) groups is 1. The topological polar surface area (TPSA) is 70.6 Å². The molecule has 0 radical (unpaired) electrons. The Balaban J connectivity index is 2.57. The van der Waals surface area contributed by atoms with Gasteiger partial charge in [0, 0.05) is 20.2 Å². The summed E-state index contributed by atoms with van der Waals surface area (Å²) in [6, 6.07) is -0.218. The van der Waals surface area contributed by atoms with Crippen molar-refractivity contribution < 1.29 is 14.6 Å². The summed E-state index contributed by atoms with van der Waals surface area (Å²) in [4.78, 5) is 11.9. The summed E-state index contributed by atoms with van der Waals surface area (Å²) in [5.74, 6) is 0. The van der Waals surface area contributed by atoms with E-state index in [4.69, 9.17) is 4.74 Å². The maximum atomic E-state index is 11.9. The number of benzene rings is 1. The fourth-order valence-electron chi connectivity index (χ4n) is 2.70. The minimum Gasteiger partial charge on any atom is -0.391 e. The summed E-state index contributed by atoms with van der Waals surface area (Å²) in [6.07, 6.45) is -0.0746. The Morgan fingerprint density at radius 1 is 1.00 bits per heavy atom. The molecular weight excluding hydrogens is 292 g/mol. The van der Waals surface area contributed by atoms with Gasteiger partial charge in [0.25, 0.3) is 0 Å². The van der Waals surface area contributed by atoms with Gasteiger partial charge in [-0.25, -0.2) is 4.79 Å². The van der Waals surface area contributed by atoms with E-state index in [1.807, 2.05) is 0 Å². The molecule has 1 unspecified atom stereocenters. The van der Waals surface area contributed by atoms with E-state index in [9.17, 15) is 9.90 Å². The molecule has 0 fully saturated rings. The van der Waals surface area contributed by atoms with Crippen LogP contribution in [0, 0.1) is 34.6 Å². The van der Waals surface area contributed by atoms with Crippen molar-refractivity contribution >= 4 is 6.03 Å². The highest BCUT2D eigenvalue weighted by Crippen LogP contribution is 2.25. The number of urea groups is 1. The number of hydrogen-bond donors (Lipinski definition) is 3. The molecule has 0 aliphatic carbocycles. The molecule has 23 heavy (non-hydrogen) atoms. The number of methoxy groups -OCH3 is 1. The van der Waals surface area contributed by atoms with E-state index in [1.54, 1.807) is 7.11 Å². The lowest BCUT2D eigenvalue weighted by atomic mass is 9.89. The fraction of sp³-hybridized carbons (Fsp3) is 0.611. The van der Waals surface area contributed by atoms with Crippen molar-refractivity contribution in [2.45, 2.75) is 53.7 Å². The Morgan fingerprint density at radius 2 is 1.52 bits per heavy atom. The van der Waals surface area contributed by atoms with Gasteiger partial charge in [-0.1, -0.05) is 0 Å². The van der Waals surface area contributed by atoms with Gasteiger partial charge in [0.15, 0.2) is 0 Å². The molecule has 5 heteroatoms. The van der Waals surface area contributed by atoms with Crippen LogP contribution in [0.15, 0.2) is 0 Å². The van der Waals surface area contributed by atoms with E-state index in [0.717, 1.165) is 0 Å². The molecule has 0 saturated carbocycles. The molecule has 0 aromatic heterocycles. The summed E-state index contributed by atoms with van der Waals surface area (Å²) in [5.41, 5.74) is 7.55. The molecule has 5 nitrogen and oxygen atoms in total. The molecule has 1 atom stereocenters. The average Bonchev–Trinajstić information content (AvgIpc) is 2.51. The minimum absolute atomic E-state index is 0.218. The summed E-state index contributed by atoms with van der Waals surface area (Å²) >= 11 is 0. The highest BCUT2D eigenvalue weighted by Gasteiger charge is 2.13. The van der Waals surface area contributed by atoms with E-state index in [0.29, 0.717) is 19.5 Å². The summed E-state index contributed by atoms with van der Waals surface area (Å²) in [7, 11) is 1.54. The maximum Gasteiger partial charge on any atom is 0.315 e. The van der Waals surface area contributed by atoms with Crippen LogP contribution in [0.3, 0.4) is 0 Å². The van der Waals surface area contributed by atoms with Crippen LogP contribution in [-0.2, 0) is 11.3 Å². The minimum atomic E-state index is -0.549. The van der Waals surface area contributed by atoms with E-state index in [-0.39, 0.29) is 12.6 Å². The van der Waals surface area contributed by atoms with Crippen molar-refractivity contribution in [1.29, 1.82) is 0 Å². The van der Waals surface area contributed by atoms with Gasteiger partial charge in [-0.15, -0.1) is 0 Å². The van der Waals surface area contributed by atoms with E-state index >= 15 is 0 Å². The average molecular weight is 322 g/mol. The quantitative estimate of drug-likeness (QED) is 0.722. The predicted octanol–water partition coefficient (Wildman–Crippen LogP) is 2.43. The van der Waals surface area contributed by atoms with Gasteiger partial charge in [-0.2, -0.15) is 0 Å². The van der Waals surface area contributed by atoms with Gasteiger partial charge in [0.1, 0.15) is 0 Å². The molecule has 3 N–H and O–H groups in total. The first-order chi connectivity index (χ1) is 10.8. The zero-order valence-corrected chi connectivity index (χ0v) is 15.2. The van der Waals surface area contributed by atoms with Crippen molar-refractivity contribution in [3.05, 3.63) is 33.4 Å². The van der Waals surface area contributed by atoms with E-state index in [1.165, 1.54) is 33.4 Å². The highest BCUT2D eigenvalue weighted by atomic mass is 16.5. The Bertz CT molecular complexity index is 527. The number of aliphatic hydroxyl groups excluding tert-OH is 1. The van der Waals surface area contributed by atoms with Crippen molar-refractivity contribution in [1.82, 2.24) is 10.6 Å². The largest absolute Gasteiger partial charge is 0.391 e. The predicted molar refractivity (Wildman–Crippen MR) is 92.9 cm³/mol. The molecule has 0 saturated heterocycles. The Labute approximate surface area is 139 Å². The third-order valence-electron chi connectivity index (χ3n) is 4.70. The second-order valence-corrected chi connectivity index (χ2v) is 6.11. The van der Waals surface area contributed by atoms with Crippen LogP contribution in [0.1, 0.15) is 39.8 Å². The van der Waals surface area contributed by atoms with Crippen LogP contribution in [0.5, 0.6) is 0 Å². The Morgan fingerprint density at radius 3 is 2.04 bits per heavy atom. The van der Waals surface area contributed by atoms with Gasteiger partial charge < -0.3 is 20.5 Å². The molecule has 130 valence electrons. The van der Waals surface area contributed by atoms with Gasteiger partial charge in [-0.05, 0) is 74.4 Å². The Kier molecular flexibility index (Phi) is 7.52. The van der Waals surface area contributed by atoms with Gasteiger partial charge in [0.2, 0.25) is 0 Å². The first kappa shape index (κ1) is 19.5. The van der Waals surface area contributed by atoms with Crippen LogP contribution in [0.25, 0.3) is 0 Å². The number of hydrogen-bond acceptors (Lipinski definition) is 3. The van der Waals surface area contributed by atoms with E-state index < -0.39 is 6.10 Å². The molecule has 1 aromatic rings. The molecule has 0 aliphatic heterocycles. The summed E-state index contributed by atoms with van der Waals surface area (Å²) in [6.45, 7) is 11.8. The van der Waals surface area contributed by atoms with Gasteiger partial charge in [0.05, 0.1) is 12.7 Å². The summed E-state index contributed by atoms with van der Waals surface area (Å²) in [5, 5.41) is 15.2. The first-order valence-electron chi connectivity index (χ1n) is 8.04. The molecule has 1 rings (SSSR count). The van der Waals surface area contributed by atoms with Crippen LogP contribution >= 0.6 is 0 Å². The standard InChI is InChI=1S/C18H30N2O3/c1-11-12(2)14(4)17(15(5)13(11)3)9-20-18(22)19-8-7-16(21)10-23-6/h16,21H,7-10H2,1-6H3,(H2,19,20,22). The number of nitrogens with one attached hydrogen (secondary N) is 2. The second kappa shape index (κ2) is 8.89. The lowest BCUT2D eigenvalue weighted by Crippen LogP contribution is -2.37. The smallest absolute Gasteiger partial charge is 0.315 e.